The molecule has 0 radical (unpaired) electrons. The van der Waals surface area contributed by atoms with Gasteiger partial charge < -0.3 is 10.2 Å². The Morgan fingerprint density at radius 2 is 2.18 bits per heavy atom. The summed E-state index contributed by atoms with van der Waals surface area (Å²) < 4.78 is 1.21. The minimum atomic E-state index is 0.664. The van der Waals surface area contributed by atoms with Gasteiger partial charge in [-0.25, -0.2) is 0 Å². The van der Waals surface area contributed by atoms with Gasteiger partial charge in [0.15, 0.2) is 0 Å². The van der Waals surface area contributed by atoms with Crippen molar-refractivity contribution in [1.29, 1.82) is 0 Å². The summed E-state index contributed by atoms with van der Waals surface area (Å²) in [6, 6.07) is 9.14. The van der Waals surface area contributed by atoms with Crippen molar-refractivity contribution in [3.05, 3.63) is 34.3 Å². The third kappa shape index (κ3) is 3.54. The fourth-order valence-electron chi connectivity index (χ4n) is 2.54. The van der Waals surface area contributed by atoms with Crippen LogP contribution >= 0.6 is 15.9 Å². The smallest absolute Gasteiger partial charge is 0.0242 e. The fourth-order valence-corrected chi connectivity index (χ4v) is 2.95. The molecule has 1 aromatic rings. The van der Waals surface area contributed by atoms with Gasteiger partial charge in [0, 0.05) is 23.6 Å². The van der Waals surface area contributed by atoms with Gasteiger partial charge in [0.2, 0.25) is 0 Å². The molecule has 17 heavy (non-hydrogen) atoms. The van der Waals surface area contributed by atoms with Crippen LogP contribution in [0.1, 0.15) is 18.9 Å². The molecule has 2 unspecified atom stereocenters. The standard InChI is InChI=1S/C14H21BrN2/c1-11-12(7-8-16-11)9-17(2)10-13-5-3-4-6-14(13)15/h3-6,11-12,16H,7-10H2,1-2H3. The molecule has 1 aliphatic heterocycles. The van der Waals surface area contributed by atoms with Crippen LogP contribution in [0.2, 0.25) is 0 Å². The number of nitrogens with zero attached hydrogens (tertiary/aromatic N) is 1. The normalized spacial score (nSPS) is 24.5. The van der Waals surface area contributed by atoms with Crippen LogP contribution in [-0.2, 0) is 6.54 Å². The van der Waals surface area contributed by atoms with Crippen molar-refractivity contribution in [2.75, 3.05) is 20.1 Å². The highest BCUT2D eigenvalue weighted by Crippen LogP contribution is 2.20. The summed E-state index contributed by atoms with van der Waals surface area (Å²) in [4.78, 5) is 2.42. The number of halogens is 1. The fraction of sp³-hybridized carbons (Fsp3) is 0.571. The van der Waals surface area contributed by atoms with Gasteiger partial charge >= 0.3 is 0 Å². The third-order valence-corrected chi connectivity index (χ3v) is 4.41. The van der Waals surface area contributed by atoms with Gasteiger partial charge in [-0.05, 0) is 44.5 Å². The maximum absolute atomic E-state index is 3.61. The molecule has 2 atom stereocenters. The molecule has 0 saturated carbocycles. The summed E-state index contributed by atoms with van der Waals surface area (Å²) in [5.74, 6) is 0.794. The zero-order valence-corrected chi connectivity index (χ0v) is 12.2. The quantitative estimate of drug-likeness (QED) is 0.919. The number of rotatable bonds is 4. The maximum Gasteiger partial charge on any atom is 0.0242 e. The van der Waals surface area contributed by atoms with E-state index in [-0.39, 0.29) is 0 Å². The van der Waals surface area contributed by atoms with Crippen LogP contribution < -0.4 is 5.32 Å². The molecule has 1 aromatic carbocycles. The molecule has 0 amide bonds. The number of hydrogen-bond donors (Lipinski definition) is 1. The van der Waals surface area contributed by atoms with E-state index in [0.717, 1.165) is 12.5 Å². The summed E-state index contributed by atoms with van der Waals surface area (Å²) in [7, 11) is 2.21. The molecule has 0 spiro atoms. The van der Waals surface area contributed by atoms with E-state index in [1.54, 1.807) is 0 Å². The van der Waals surface area contributed by atoms with E-state index >= 15 is 0 Å². The van der Waals surface area contributed by atoms with Crippen molar-refractivity contribution >= 4 is 15.9 Å². The van der Waals surface area contributed by atoms with Gasteiger partial charge in [0.25, 0.3) is 0 Å². The molecule has 1 saturated heterocycles. The van der Waals surface area contributed by atoms with Crippen LogP contribution in [0.3, 0.4) is 0 Å². The lowest BCUT2D eigenvalue weighted by atomic mass is 10.0. The molecule has 1 aliphatic rings. The lowest BCUT2D eigenvalue weighted by Crippen LogP contribution is -2.32. The average molecular weight is 297 g/mol. The summed E-state index contributed by atoms with van der Waals surface area (Å²) in [6.45, 7) is 5.67. The molecular formula is C14H21BrN2. The number of nitrogens with one attached hydrogen (secondary N) is 1. The Morgan fingerprint density at radius 1 is 1.41 bits per heavy atom. The Labute approximate surface area is 113 Å². The maximum atomic E-state index is 3.61. The van der Waals surface area contributed by atoms with Crippen molar-refractivity contribution in [2.45, 2.75) is 25.9 Å². The van der Waals surface area contributed by atoms with Crippen LogP contribution in [0.15, 0.2) is 28.7 Å². The first-order valence-electron chi connectivity index (χ1n) is 6.32. The van der Waals surface area contributed by atoms with Crippen molar-refractivity contribution in [2.24, 2.45) is 5.92 Å². The zero-order chi connectivity index (χ0) is 12.3. The van der Waals surface area contributed by atoms with E-state index in [4.69, 9.17) is 0 Å². The minimum absolute atomic E-state index is 0.664. The van der Waals surface area contributed by atoms with Crippen LogP contribution in [0, 0.1) is 5.92 Å². The predicted molar refractivity (Wildman–Crippen MR) is 76.0 cm³/mol. The molecular weight excluding hydrogens is 276 g/mol. The summed E-state index contributed by atoms with van der Waals surface area (Å²) >= 11 is 3.61. The van der Waals surface area contributed by atoms with Gasteiger partial charge in [0.1, 0.15) is 0 Å². The van der Waals surface area contributed by atoms with Crippen molar-refractivity contribution in [3.8, 4) is 0 Å². The Balaban J connectivity index is 1.89. The summed E-state index contributed by atoms with van der Waals surface area (Å²) in [6.07, 6.45) is 1.31. The van der Waals surface area contributed by atoms with E-state index in [1.165, 1.54) is 29.5 Å². The second-order valence-electron chi connectivity index (χ2n) is 5.08. The second-order valence-corrected chi connectivity index (χ2v) is 5.93. The van der Waals surface area contributed by atoms with Gasteiger partial charge in [-0.2, -0.15) is 0 Å². The Bertz CT molecular complexity index is 367. The highest BCUT2D eigenvalue weighted by molar-refractivity contribution is 9.10. The van der Waals surface area contributed by atoms with Crippen molar-refractivity contribution in [1.82, 2.24) is 10.2 Å². The summed E-state index contributed by atoms with van der Waals surface area (Å²) in [5.41, 5.74) is 1.37. The van der Waals surface area contributed by atoms with Crippen LogP contribution in [-0.4, -0.2) is 31.1 Å². The lowest BCUT2D eigenvalue weighted by Gasteiger charge is -2.23. The van der Waals surface area contributed by atoms with E-state index in [2.05, 4.69) is 64.4 Å². The molecule has 1 fully saturated rings. The topological polar surface area (TPSA) is 15.3 Å². The zero-order valence-electron chi connectivity index (χ0n) is 10.6. The third-order valence-electron chi connectivity index (χ3n) is 3.63. The van der Waals surface area contributed by atoms with Gasteiger partial charge in [0.05, 0.1) is 0 Å². The number of benzene rings is 1. The molecule has 0 aliphatic carbocycles. The Morgan fingerprint density at radius 3 is 2.82 bits per heavy atom. The highest BCUT2D eigenvalue weighted by atomic mass is 79.9. The first-order valence-corrected chi connectivity index (χ1v) is 7.11. The first kappa shape index (κ1) is 13.1. The molecule has 1 heterocycles. The number of hydrogen-bond acceptors (Lipinski definition) is 2. The van der Waals surface area contributed by atoms with Crippen molar-refractivity contribution < 1.29 is 0 Å². The summed E-state index contributed by atoms with van der Waals surface area (Å²) in [5, 5.41) is 3.51. The van der Waals surface area contributed by atoms with Gasteiger partial charge in [-0.3, -0.25) is 0 Å². The van der Waals surface area contributed by atoms with Crippen LogP contribution in [0.25, 0.3) is 0 Å². The van der Waals surface area contributed by atoms with E-state index < -0.39 is 0 Å². The Kier molecular flexibility index (Phi) is 4.60. The van der Waals surface area contributed by atoms with Crippen molar-refractivity contribution in [3.63, 3.8) is 0 Å². The molecule has 0 bridgehead atoms. The monoisotopic (exact) mass is 296 g/mol. The lowest BCUT2D eigenvalue weighted by molar-refractivity contribution is 0.259. The minimum Gasteiger partial charge on any atom is -0.314 e. The molecule has 2 rings (SSSR count). The molecule has 94 valence electrons. The largest absolute Gasteiger partial charge is 0.314 e. The second kappa shape index (κ2) is 5.98. The predicted octanol–water partition coefficient (Wildman–Crippen LogP) is 2.88. The molecule has 0 aromatic heterocycles. The molecule has 2 nitrogen and oxygen atoms in total. The van der Waals surface area contributed by atoms with Crippen LogP contribution in [0.5, 0.6) is 0 Å². The highest BCUT2D eigenvalue weighted by Gasteiger charge is 2.23. The van der Waals surface area contributed by atoms with Crippen LogP contribution in [0.4, 0.5) is 0 Å². The molecule has 3 heteroatoms. The first-order chi connectivity index (χ1) is 8.16. The van der Waals surface area contributed by atoms with Gasteiger partial charge in [-0.1, -0.05) is 34.1 Å². The average Bonchev–Trinajstić information content (AvgIpc) is 2.68. The van der Waals surface area contributed by atoms with Gasteiger partial charge in [-0.15, -0.1) is 0 Å². The molecule has 1 N–H and O–H groups in total. The van der Waals surface area contributed by atoms with E-state index in [0.29, 0.717) is 6.04 Å². The SMILES string of the molecule is CC1NCCC1CN(C)Cc1ccccc1Br. The van der Waals surface area contributed by atoms with E-state index in [1.807, 2.05) is 0 Å². The van der Waals surface area contributed by atoms with E-state index in [9.17, 15) is 0 Å². The Hall–Kier alpha value is -0.380.